The third kappa shape index (κ3) is 43.5. The molecule has 0 amide bonds. The molecule has 0 aromatic heterocycles. The normalized spacial score (nSPS) is 12.8. The van der Waals surface area contributed by atoms with E-state index in [-0.39, 0.29) is 63.4 Å². The van der Waals surface area contributed by atoms with E-state index in [1.807, 2.05) is 0 Å². The molecule has 0 N–H and O–H groups in total. The van der Waals surface area contributed by atoms with Gasteiger partial charge in [-0.25, -0.2) is 4.79 Å². The predicted octanol–water partition coefficient (Wildman–Crippen LogP) is 16.1. The summed E-state index contributed by atoms with van der Waals surface area (Å²) in [6.07, 6.45) is 40.1. The predicted molar refractivity (Wildman–Crippen MR) is 291 cm³/mol. The first-order valence-corrected chi connectivity index (χ1v) is 30.4. The molecule has 0 aromatic carbocycles. The highest BCUT2D eigenvalue weighted by Gasteiger charge is 2.20. The third-order valence-corrected chi connectivity index (χ3v) is 14.1. The highest BCUT2D eigenvalue weighted by molar-refractivity contribution is 5.71. The molecule has 1 aliphatic rings. The van der Waals surface area contributed by atoms with E-state index in [0.29, 0.717) is 57.8 Å². The number of likely N-dealkylation sites (tertiary alicyclic amines) is 1. The molecule has 1 saturated heterocycles. The molecule has 0 aliphatic carbocycles. The lowest BCUT2D eigenvalue weighted by molar-refractivity contribution is -0.151. The van der Waals surface area contributed by atoms with Gasteiger partial charge in [-0.3, -0.25) is 19.2 Å². The molecule has 72 heavy (non-hydrogen) atoms. The zero-order chi connectivity index (χ0) is 52.4. The number of nitrogens with zero attached hydrogens (tertiary/aromatic N) is 1. The summed E-state index contributed by atoms with van der Waals surface area (Å²) < 4.78 is 33.8. The minimum Gasteiger partial charge on any atom is -0.465 e. The molecule has 0 aromatic rings. The first-order chi connectivity index (χ1) is 35.2. The molecule has 1 rings (SSSR count). The fraction of sp³-hybridized carbons (Fsp3) is 0.917. The maximum absolute atomic E-state index is 12.9. The number of unbranched alkanes of at least 4 members (excludes halogenated alkanes) is 24. The van der Waals surface area contributed by atoms with Gasteiger partial charge in [0.25, 0.3) is 0 Å². The number of esters is 4. The van der Waals surface area contributed by atoms with Crippen molar-refractivity contribution >= 4 is 30.0 Å². The molecule has 12 nitrogen and oxygen atoms in total. The maximum Gasteiger partial charge on any atom is 0.508 e. The highest BCUT2D eigenvalue weighted by atomic mass is 16.7. The van der Waals surface area contributed by atoms with E-state index in [0.717, 1.165) is 71.0 Å². The van der Waals surface area contributed by atoms with E-state index in [2.05, 4.69) is 32.6 Å². The minimum atomic E-state index is -0.802. The Labute approximate surface area is 441 Å². The van der Waals surface area contributed by atoms with Crippen LogP contribution in [0.15, 0.2) is 0 Å². The van der Waals surface area contributed by atoms with Crippen LogP contribution in [0.2, 0.25) is 0 Å². The molecule has 0 unspecified atom stereocenters. The Morgan fingerprint density at radius 3 is 1.06 bits per heavy atom. The molecule has 1 heterocycles. The molecule has 0 saturated carbocycles. The van der Waals surface area contributed by atoms with Crippen molar-refractivity contribution in [3.63, 3.8) is 0 Å². The first kappa shape index (κ1) is 67.1. The van der Waals surface area contributed by atoms with Crippen LogP contribution >= 0.6 is 0 Å². The van der Waals surface area contributed by atoms with Crippen molar-refractivity contribution in [3.05, 3.63) is 0 Å². The molecular weight excluding hydrogens is 911 g/mol. The van der Waals surface area contributed by atoms with E-state index < -0.39 is 24.0 Å². The van der Waals surface area contributed by atoms with Gasteiger partial charge < -0.3 is 33.3 Å². The fourth-order valence-corrected chi connectivity index (χ4v) is 9.44. The van der Waals surface area contributed by atoms with E-state index in [1.165, 1.54) is 141 Å². The lowest BCUT2D eigenvalue weighted by Crippen LogP contribution is -2.27. The molecule has 0 bridgehead atoms. The lowest BCUT2D eigenvalue weighted by atomic mass is 10.0. The van der Waals surface area contributed by atoms with Crippen LogP contribution in [-0.4, -0.2) is 93.2 Å². The van der Waals surface area contributed by atoms with Crippen LogP contribution in [0.1, 0.15) is 291 Å². The van der Waals surface area contributed by atoms with Gasteiger partial charge in [0.05, 0.1) is 12.5 Å². The number of carbonyl (C=O) groups excluding carboxylic acids is 5. The third-order valence-electron chi connectivity index (χ3n) is 14.1. The van der Waals surface area contributed by atoms with Crippen LogP contribution in [0.25, 0.3) is 0 Å². The lowest BCUT2D eigenvalue weighted by Gasteiger charge is -2.18. The van der Waals surface area contributed by atoms with Crippen molar-refractivity contribution in [2.75, 3.05) is 46.1 Å². The molecule has 1 fully saturated rings. The number of carbonyl (C=O) groups is 5. The van der Waals surface area contributed by atoms with Gasteiger partial charge in [0.15, 0.2) is 0 Å². The smallest absolute Gasteiger partial charge is 0.465 e. The van der Waals surface area contributed by atoms with Crippen molar-refractivity contribution < 1.29 is 52.4 Å². The van der Waals surface area contributed by atoms with Gasteiger partial charge in [0, 0.05) is 32.2 Å². The van der Waals surface area contributed by atoms with Crippen LogP contribution < -0.4 is 0 Å². The summed E-state index contributed by atoms with van der Waals surface area (Å²) in [7, 11) is 0. The Morgan fingerprint density at radius 1 is 0.361 bits per heavy atom. The number of hydrogen-bond donors (Lipinski definition) is 0. The van der Waals surface area contributed by atoms with Crippen molar-refractivity contribution in [2.45, 2.75) is 303 Å². The second-order valence-electron chi connectivity index (χ2n) is 21.1. The maximum atomic E-state index is 12.9. The number of ether oxygens (including phenoxy) is 6. The first-order valence-electron chi connectivity index (χ1n) is 30.4. The van der Waals surface area contributed by atoms with Crippen LogP contribution in [0, 0.1) is 5.92 Å². The molecule has 12 heteroatoms. The average molecular weight is 1020 g/mol. The second-order valence-corrected chi connectivity index (χ2v) is 21.1. The standard InChI is InChI=1S/C60H111NO11/c1-5-9-13-17-21-27-38-54(39-28-22-18-14-10-6-2)71-58(64)44-33-25-31-42-56(62)68-50-53(52-70-60(66)67-49-37-48-61-46-35-36-47-61)51-69-57(63)43-32-26-34-45-59(65)72-55(40-29-23-19-15-11-7-3)41-30-24-20-16-12-8-4/h53-55H,5-52H2,1-4H3. The summed E-state index contributed by atoms with van der Waals surface area (Å²) in [6, 6.07) is 0. The zero-order valence-electron chi connectivity index (χ0n) is 47.1. The van der Waals surface area contributed by atoms with Crippen molar-refractivity contribution in [3.8, 4) is 0 Å². The number of hydrogen-bond acceptors (Lipinski definition) is 12. The van der Waals surface area contributed by atoms with Gasteiger partial charge in [-0.2, -0.15) is 0 Å². The Hall–Kier alpha value is -2.89. The quantitative estimate of drug-likeness (QED) is 0.0325. The van der Waals surface area contributed by atoms with Crippen LogP contribution in [0.4, 0.5) is 4.79 Å². The van der Waals surface area contributed by atoms with Crippen molar-refractivity contribution in [1.82, 2.24) is 4.90 Å². The van der Waals surface area contributed by atoms with Gasteiger partial charge in [-0.15, -0.1) is 0 Å². The SMILES string of the molecule is CCCCCCCCC(CCCCCCCC)OC(=O)CCCCCC(=O)OCC(COC(=O)CCCCCC(=O)OC(CCCCCCCC)CCCCCCCC)COC(=O)OCCCN1CCCC1. The van der Waals surface area contributed by atoms with Crippen molar-refractivity contribution in [2.24, 2.45) is 5.92 Å². The summed E-state index contributed by atoms with van der Waals surface area (Å²) in [5.74, 6) is -1.66. The van der Waals surface area contributed by atoms with E-state index in [9.17, 15) is 24.0 Å². The number of rotatable bonds is 52. The molecular formula is C60H111NO11. The largest absolute Gasteiger partial charge is 0.508 e. The topological polar surface area (TPSA) is 144 Å². The molecule has 1 aliphatic heterocycles. The van der Waals surface area contributed by atoms with Gasteiger partial charge in [0.2, 0.25) is 0 Å². The summed E-state index contributed by atoms with van der Waals surface area (Å²) in [4.78, 5) is 66.2. The minimum absolute atomic E-state index is 0.0120. The summed E-state index contributed by atoms with van der Waals surface area (Å²) in [6.45, 7) is 11.9. The summed E-state index contributed by atoms with van der Waals surface area (Å²) in [5, 5.41) is 0. The average Bonchev–Trinajstić information content (AvgIpc) is 3.90. The van der Waals surface area contributed by atoms with Gasteiger partial charge >= 0.3 is 30.0 Å². The fourth-order valence-electron chi connectivity index (χ4n) is 9.44. The Balaban J connectivity index is 2.53. The van der Waals surface area contributed by atoms with Crippen LogP contribution in [-0.2, 0) is 47.6 Å². The summed E-state index contributed by atoms with van der Waals surface area (Å²) >= 11 is 0. The zero-order valence-corrected chi connectivity index (χ0v) is 47.1. The highest BCUT2D eigenvalue weighted by Crippen LogP contribution is 2.21. The van der Waals surface area contributed by atoms with Crippen molar-refractivity contribution in [1.29, 1.82) is 0 Å². The molecule has 0 radical (unpaired) electrons. The Bertz CT molecular complexity index is 1180. The molecule has 422 valence electrons. The van der Waals surface area contributed by atoms with Gasteiger partial charge in [0.1, 0.15) is 32.0 Å². The van der Waals surface area contributed by atoms with Gasteiger partial charge in [-0.05, 0) is 109 Å². The monoisotopic (exact) mass is 1020 g/mol. The van der Waals surface area contributed by atoms with E-state index in [1.54, 1.807) is 0 Å². The molecule has 0 spiro atoms. The van der Waals surface area contributed by atoms with Crippen LogP contribution in [0.5, 0.6) is 0 Å². The molecule has 0 atom stereocenters. The Kier molecular flexibility index (Phi) is 46.9. The second kappa shape index (κ2) is 50.3. The Morgan fingerprint density at radius 2 is 0.681 bits per heavy atom. The summed E-state index contributed by atoms with van der Waals surface area (Å²) in [5.41, 5.74) is 0. The van der Waals surface area contributed by atoms with Crippen LogP contribution in [0.3, 0.4) is 0 Å². The van der Waals surface area contributed by atoms with E-state index in [4.69, 9.17) is 28.4 Å². The van der Waals surface area contributed by atoms with Gasteiger partial charge in [-0.1, -0.05) is 169 Å². The van der Waals surface area contributed by atoms with E-state index >= 15 is 0 Å².